The number of carbonyl (C=O) groups excluding carboxylic acids is 2. The van der Waals surface area contributed by atoms with Gasteiger partial charge in [0.2, 0.25) is 0 Å². The first-order valence-electron chi connectivity index (χ1n) is 12.0. The van der Waals surface area contributed by atoms with Crippen LogP contribution in [0.4, 0.5) is 0 Å². The van der Waals surface area contributed by atoms with Crippen LogP contribution in [0.15, 0.2) is 72.8 Å². The zero-order valence-electron chi connectivity index (χ0n) is 20.3. The average Bonchev–Trinajstić information content (AvgIpc) is 2.92. The third kappa shape index (κ3) is 6.07. The topological polar surface area (TPSA) is 88.5 Å². The number of para-hydroxylation sites is 2. The standard InChI is InChI=1S/C28H30N2O6/c1-2-34-26-20-21(12-13-25(26)36-19-18-35-22-8-4-3-5-9-22)27(32)29-14-16-30(17-15-29)28(33)23-10-6-7-11-24(23)31/h3-13,20,31H,2,14-19H2,1H3. The van der Waals surface area contributed by atoms with Gasteiger partial charge in [0, 0.05) is 31.7 Å². The molecule has 8 heteroatoms. The summed E-state index contributed by atoms with van der Waals surface area (Å²) in [6.07, 6.45) is 0. The van der Waals surface area contributed by atoms with Crippen molar-refractivity contribution in [2.24, 2.45) is 0 Å². The van der Waals surface area contributed by atoms with Crippen LogP contribution in [0, 0.1) is 0 Å². The second kappa shape index (κ2) is 12.0. The highest BCUT2D eigenvalue weighted by Gasteiger charge is 2.27. The molecule has 0 atom stereocenters. The van der Waals surface area contributed by atoms with Crippen molar-refractivity contribution in [3.8, 4) is 23.0 Å². The molecule has 188 valence electrons. The molecule has 0 saturated carbocycles. The smallest absolute Gasteiger partial charge is 0.257 e. The summed E-state index contributed by atoms with van der Waals surface area (Å²) in [6.45, 7) is 4.59. The number of phenolic OH excluding ortho intramolecular Hbond substituents is 1. The number of hydrogen-bond acceptors (Lipinski definition) is 6. The summed E-state index contributed by atoms with van der Waals surface area (Å²) in [4.78, 5) is 29.3. The third-order valence-corrected chi connectivity index (χ3v) is 5.83. The highest BCUT2D eigenvalue weighted by molar-refractivity contribution is 5.97. The Bertz CT molecular complexity index is 1180. The molecule has 1 saturated heterocycles. The van der Waals surface area contributed by atoms with E-state index < -0.39 is 0 Å². The summed E-state index contributed by atoms with van der Waals surface area (Å²) in [5, 5.41) is 9.97. The molecule has 2 amide bonds. The van der Waals surface area contributed by atoms with Crippen LogP contribution in [0.2, 0.25) is 0 Å². The van der Waals surface area contributed by atoms with Gasteiger partial charge >= 0.3 is 0 Å². The quantitative estimate of drug-likeness (QED) is 0.459. The Kier molecular flexibility index (Phi) is 8.28. The fraction of sp³-hybridized carbons (Fsp3) is 0.286. The van der Waals surface area contributed by atoms with Crippen LogP contribution < -0.4 is 14.2 Å². The number of carbonyl (C=O) groups is 2. The van der Waals surface area contributed by atoms with Gasteiger partial charge in [0.05, 0.1) is 12.2 Å². The van der Waals surface area contributed by atoms with Crippen molar-refractivity contribution < 1.29 is 28.9 Å². The summed E-state index contributed by atoms with van der Waals surface area (Å²) < 4.78 is 17.2. The molecule has 0 radical (unpaired) electrons. The zero-order chi connectivity index (χ0) is 25.3. The minimum absolute atomic E-state index is 0.0432. The third-order valence-electron chi connectivity index (χ3n) is 5.83. The van der Waals surface area contributed by atoms with Crippen LogP contribution in [0.5, 0.6) is 23.0 Å². The van der Waals surface area contributed by atoms with E-state index in [0.717, 1.165) is 5.75 Å². The number of ether oxygens (including phenoxy) is 3. The van der Waals surface area contributed by atoms with Gasteiger partial charge in [0.25, 0.3) is 11.8 Å². The predicted molar refractivity (Wildman–Crippen MR) is 135 cm³/mol. The van der Waals surface area contributed by atoms with Gasteiger partial charge in [0.15, 0.2) is 11.5 Å². The molecule has 0 unspecified atom stereocenters. The number of rotatable bonds is 9. The lowest BCUT2D eigenvalue weighted by atomic mass is 10.1. The van der Waals surface area contributed by atoms with Gasteiger partial charge in [0.1, 0.15) is 24.7 Å². The molecule has 36 heavy (non-hydrogen) atoms. The Morgan fingerprint density at radius 2 is 1.39 bits per heavy atom. The van der Waals surface area contributed by atoms with Crippen molar-refractivity contribution in [2.45, 2.75) is 6.92 Å². The van der Waals surface area contributed by atoms with E-state index in [1.54, 1.807) is 46.2 Å². The lowest BCUT2D eigenvalue weighted by Gasteiger charge is -2.35. The summed E-state index contributed by atoms with van der Waals surface area (Å²) in [5.41, 5.74) is 0.759. The molecule has 3 aromatic rings. The van der Waals surface area contributed by atoms with Crippen molar-refractivity contribution in [3.63, 3.8) is 0 Å². The van der Waals surface area contributed by atoms with Crippen LogP contribution in [0.3, 0.4) is 0 Å². The molecular weight excluding hydrogens is 460 g/mol. The van der Waals surface area contributed by atoms with Gasteiger partial charge < -0.3 is 29.1 Å². The van der Waals surface area contributed by atoms with E-state index in [1.807, 2.05) is 37.3 Å². The van der Waals surface area contributed by atoms with Crippen LogP contribution >= 0.6 is 0 Å². The van der Waals surface area contributed by atoms with E-state index in [9.17, 15) is 14.7 Å². The van der Waals surface area contributed by atoms with Gasteiger partial charge in [-0.3, -0.25) is 9.59 Å². The highest BCUT2D eigenvalue weighted by atomic mass is 16.5. The van der Waals surface area contributed by atoms with Crippen molar-refractivity contribution >= 4 is 11.8 Å². The van der Waals surface area contributed by atoms with E-state index in [4.69, 9.17) is 14.2 Å². The molecular formula is C28H30N2O6. The summed E-state index contributed by atoms with van der Waals surface area (Å²) in [6, 6.07) is 21.1. The van der Waals surface area contributed by atoms with Crippen LogP contribution in [-0.2, 0) is 0 Å². The largest absolute Gasteiger partial charge is 0.507 e. The van der Waals surface area contributed by atoms with Gasteiger partial charge in [-0.2, -0.15) is 0 Å². The minimum atomic E-state index is -0.239. The van der Waals surface area contributed by atoms with Gasteiger partial charge in [-0.05, 0) is 49.4 Å². The second-order valence-corrected chi connectivity index (χ2v) is 8.21. The van der Waals surface area contributed by atoms with Crippen molar-refractivity contribution in [2.75, 3.05) is 46.0 Å². The van der Waals surface area contributed by atoms with Crippen molar-refractivity contribution in [1.82, 2.24) is 9.80 Å². The fourth-order valence-electron chi connectivity index (χ4n) is 3.98. The Hall–Kier alpha value is -4.20. The molecule has 1 fully saturated rings. The van der Waals surface area contributed by atoms with Crippen LogP contribution in [-0.4, -0.2) is 72.7 Å². The minimum Gasteiger partial charge on any atom is -0.507 e. The molecule has 1 aliphatic heterocycles. The Labute approximate surface area is 210 Å². The van der Waals surface area contributed by atoms with E-state index in [0.29, 0.717) is 63.1 Å². The number of amides is 2. The number of piperazine rings is 1. The molecule has 4 rings (SSSR count). The first-order chi connectivity index (χ1) is 17.6. The van der Waals surface area contributed by atoms with Crippen molar-refractivity contribution in [1.29, 1.82) is 0 Å². The molecule has 1 aliphatic rings. The average molecular weight is 491 g/mol. The highest BCUT2D eigenvalue weighted by Crippen LogP contribution is 2.29. The summed E-state index contributed by atoms with van der Waals surface area (Å²) >= 11 is 0. The normalized spacial score (nSPS) is 13.2. The zero-order valence-corrected chi connectivity index (χ0v) is 20.3. The van der Waals surface area contributed by atoms with Gasteiger partial charge in [-0.15, -0.1) is 0 Å². The van der Waals surface area contributed by atoms with Crippen LogP contribution in [0.1, 0.15) is 27.6 Å². The first-order valence-corrected chi connectivity index (χ1v) is 12.0. The van der Waals surface area contributed by atoms with E-state index in [1.165, 1.54) is 6.07 Å². The molecule has 0 aliphatic carbocycles. The molecule has 0 aromatic heterocycles. The first kappa shape index (κ1) is 24.9. The number of hydrogen-bond donors (Lipinski definition) is 1. The van der Waals surface area contributed by atoms with E-state index in [-0.39, 0.29) is 23.1 Å². The maximum absolute atomic E-state index is 13.2. The lowest BCUT2D eigenvalue weighted by Crippen LogP contribution is -2.50. The summed E-state index contributed by atoms with van der Waals surface area (Å²) in [7, 11) is 0. The van der Waals surface area contributed by atoms with Gasteiger partial charge in [-0.25, -0.2) is 0 Å². The van der Waals surface area contributed by atoms with Crippen LogP contribution in [0.25, 0.3) is 0 Å². The molecule has 3 aromatic carbocycles. The molecule has 1 heterocycles. The SMILES string of the molecule is CCOc1cc(C(=O)N2CCN(C(=O)c3ccccc3O)CC2)ccc1OCCOc1ccccc1. The van der Waals surface area contributed by atoms with E-state index in [2.05, 4.69) is 0 Å². The van der Waals surface area contributed by atoms with Gasteiger partial charge in [-0.1, -0.05) is 30.3 Å². The Balaban J connectivity index is 1.33. The fourth-order valence-corrected chi connectivity index (χ4v) is 3.98. The molecule has 1 N–H and O–H groups in total. The lowest BCUT2D eigenvalue weighted by molar-refractivity contribution is 0.0533. The Morgan fingerprint density at radius 1 is 0.750 bits per heavy atom. The molecule has 0 spiro atoms. The number of benzene rings is 3. The summed E-state index contributed by atoms with van der Waals surface area (Å²) in [5.74, 6) is 1.40. The maximum Gasteiger partial charge on any atom is 0.257 e. The maximum atomic E-state index is 13.2. The molecule has 0 bridgehead atoms. The van der Waals surface area contributed by atoms with E-state index >= 15 is 0 Å². The monoisotopic (exact) mass is 490 g/mol. The molecule has 8 nitrogen and oxygen atoms in total. The number of nitrogens with zero attached hydrogens (tertiary/aromatic N) is 2. The van der Waals surface area contributed by atoms with Crippen molar-refractivity contribution in [3.05, 3.63) is 83.9 Å². The Morgan fingerprint density at radius 3 is 2.08 bits per heavy atom. The number of aromatic hydroxyl groups is 1. The predicted octanol–water partition coefficient (Wildman–Crippen LogP) is 3.85. The second-order valence-electron chi connectivity index (χ2n) is 8.21. The number of phenols is 1.